The Morgan fingerprint density at radius 1 is 1.31 bits per heavy atom. The van der Waals surface area contributed by atoms with Gasteiger partial charge in [0.1, 0.15) is 17.7 Å². The minimum Gasteiger partial charge on any atom is -0.438 e. The second kappa shape index (κ2) is 10.1. The van der Waals surface area contributed by atoms with Crippen molar-refractivity contribution in [1.29, 1.82) is 0 Å². The second-order valence-corrected chi connectivity index (χ2v) is 9.38. The van der Waals surface area contributed by atoms with Crippen LogP contribution in [0.25, 0.3) is 11.1 Å². The van der Waals surface area contributed by atoms with Gasteiger partial charge in [-0.2, -0.15) is 0 Å². The molecule has 1 saturated heterocycles. The predicted molar refractivity (Wildman–Crippen MR) is 124 cm³/mol. The van der Waals surface area contributed by atoms with Crippen LogP contribution in [0.5, 0.6) is 0 Å². The summed E-state index contributed by atoms with van der Waals surface area (Å²) >= 11 is 1.52. The Hall–Kier alpha value is -2.26. The van der Waals surface area contributed by atoms with Gasteiger partial charge in [0.05, 0.1) is 5.41 Å². The number of rotatable bonds is 10. The molecule has 7 nitrogen and oxygen atoms in total. The molecule has 4 N–H and O–H groups in total. The number of nitrogens with one attached hydrogen (secondary N) is 1. The number of primary amides is 1. The van der Waals surface area contributed by atoms with Crippen molar-refractivity contribution in [3.63, 3.8) is 0 Å². The van der Waals surface area contributed by atoms with Gasteiger partial charge in [-0.05, 0) is 42.8 Å². The van der Waals surface area contributed by atoms with Gasteiger partial charge in [0, 0.05) is 24.1 Å². The Morgan fingerprint density at radius 3 is 2.75 bits per heavy atom. The molecule has 0 saturated carbocycles. The van der Waals surface area contributed by atoms with E-state index in [1.165, 1.54) is 11.3 Å². The van der Waals surface area contributed by atoms with Gasteiger partial charge in [-0.25, -0.2) is 4.98 Å². The standard InChI is InChI=1S/C24H31N3O4S/c1-2-3-12-24(19-9-6-15-32-19,20(22(25)29)26-16-10-13-30-14-11-16)21(28)23-27-17-7-4-5-8-18(17)31-23/h4-9,15-16,20-21,26,28H,2-3,10-14H2,1H3,(H2,25,29). The van der Waals surface area contributed by atoms with Crippen molar-refractivity contribution in [2.24, 2.45) is 5.73 Å². The molecule has 1 aliphatic rings. The SMILES string of the molecule is CCCCC(c1cccs1)(C(NC1CCOCC1)C(N)=O)C(O)c1nc2ccccc2o1. The molecule has 1 amide bonds. The van der Waals surface area contributed by atoms with Crippen molar-refractivity contribution in [1.82, 2.24) is 10.3 Å². The van der Waals surface area contributed by atoms with Crippen LogP contribution in [0.4, 0.5) is 0 Å². The van der Waals surface area contributed by atoms with Crippen molar-refractivity contribution in [2.75, 3.05) is 13.2 Å². The number of aliphatic hydroxyl groups excluding tert-OH is 1. The highest BCUT2D eigenvalue weighted by Crippen LogP contribution is 2.47. The van der Waals surface area contributed by atoms with Crippen molar-refractivity contribution >= 4 is 28.3 Å². The van der Waals surface area contributed by atoms with Gasteiger partial charge in [0.2, 0.25) is 11.8 Å². The van der Waals surface area contributed by atoms with Gasteiger partial charge in [-0.1, -0.05) is 38.0 Å². The molecular weight excluding hydrogens is 426 g/mol. The number of para-hydroxylation sites is 2. The summed E-state index contributed by atoms with van der Waals surface area (Å²) in [5, 5.41) is 17.3. The Bertz CT molecular complexity index is 982. The molecule has 1 aliphatic heterocycles. The fourth-order valence-corrected chi connectivity index (χ4v) is 5.68. The zero-order valence-electron chi connectivity index (χ0n) is 18.3. The van der Waals surface area contributed by atoms with Crippen LogP contribution in [0.15, 0.2) is 46.2 Å². The number of nitrogens with zero attached hydrogens (tertiary/aromatic N) is 1. The molecule has 3 aromatic rings. The molecule has 3 heterocycles. The number of aromatic nitrogens is 1. The maximum Gasteiger partial charge on any atom is 0.235 e. The maximum atomic E-state index is 13.0. The number of oxazole rings is 1. The molecular formula is C24H31N3O4S. The van der Waals surface area contributed by atoms with Crippen molar-refractivity contribution in [3.05, 3.63) is 52.5 Å². The van der Waals surface area contributed by atoms with Crippen molar-refractivity contribution in [3.8, 4) is 0 Å². The van der Waals surface area contributed by atoms with Crippen LogP contribution in [0.2, 0.25) is 0 Å². The fraction of sp³-hybridized carbons (Fsp3) is 0.500. The Morgan fingerprint density at radius 2 is 2.09 bits per heavy atom. The largest absolute Gasteiger partial charge is 0.438 e. The highest BCUT2D eigenvalue weighted by Gasteiger charge is 2.52. The number of benzene rings is 1. The van der Waals surface area contributed by atoms with E-state index in [0.29, 0.717) is 30.7 Å². The van der Waals surface area contributed by atoms with E-state index >= 15 is 0 Å². The second-order valence-electron chi connectivity index (χ2n) is 8.43. The number of carbonyl (C=O) groups excluding carboxylic acids is 1. The number of carbonyl (C=O) groups is 1. The van der Waals surface area contributed by atoms with E-state index in [9.17, 15) is 9.90 Å². The van der Waals surface area contributed by atoms with Crippen molar-refractivity contribution < 1.29 is 19.1 Å². The number of hydrogen-bond acceptors (Lipinski definition) is 7. The molecule has 3 unspecified atom stereocenters. The van der Waals surface area contributed by atoms with Crippen LogP contribution in [0.1, 0.15) is 55.9 Å². The van der Waals surface area contributed by atoms with Crippen LogP contribution in [-0.4, -0.2) is 41.3 Å². The first kappa shape index (κ1) is 22.9. The van der Waals surface area contributed by atoms with Gasteiger partial charge in [0.15, 0.2) is 5.58 Å². The number of ether oxygens (including phenoxy) is 1. The van der Waals surface area contributed by atoms with E-state index in [2.05, 4.69) is 17.2 Å². The molecule has 172 valence electrons. The lowest BCUT2D eigenvalue weighted by atomic mass is 9.69. The Kier molecular flexibility index (Phi) is 7.25. The topological polar surface area (TPSA) is 111 Å². The number of hydrogen-bond donors (Lipinski definition) is 3. The van der Waals surface area contributed by atoms with E-state index in [1.54, 1.807) is 0 Å². The molecule has 0 spiro atoms. The highest BCUT2D eigenvalue weighted by molar-refractivity contribution is 7.10. The van der Waals surface area contributed by atoms with Gasteiger partial charge in [0.25, 0.3) is 0 Å². The minimum absolute atomic E-state index is 0.0815. The first-order chi connectivity index (χ1) is 15.6. The Labute approximate surface area is 192 Å². The zero-order valence-corrected chi connectivity index (χ0v) is 19.1. The lowest BCUT2D eigenvalue weighted by Crippen LogP contribution is -2.61. The van der Waals surface area contributed by atoms with Crippen LogP contribution >= 0.6 is 11.3 Å². The zero-order chi connectivity index (χ0) is 22.6. The average Bonchev–Trinajstić information content (AvgIpc) is 3.49. The quantitative estimate of drug-likeness (QED) is 0.428. The normalized spacial score (nSPS) is 18.9. The summed E-state index contributed by atoms with van der Waals surface area (Å²) in [6.45, 7) is 3.37. The fourth-order valence-electron chi connectivity index (χ4n) is 4.66. The summed E-state index contributed by atoms with van der Waals surface area (Å²) < 4.78 is 11.5. The molecule has 32 heavy (non-hydrogen) atoms. The summed E-state index contributed by atoms with van der Waals surface area (Å²) in [5.74, 6) is -0.285. The lowest BCUT2D eigenvalue weighted by molar-refractivity contribution is -0.125. The third kappa shape index (κ3) is 4.45. The van der Waals surface area contributed by atoms with E-state index in [1.807, 2.05) is 41.8 Å². The van der Waals surface area contributed by atoms with Gasteiger partial charge < -0.3 is 25.3 Å². The molecule has 1 aromatic carbocycles. The third-order valence-electron chi connectivity index (χ3n) is 6.38. The van der Waals surface area contributed by atoms with Crippen molar-refractivity contribution in [2.45, 2.75) is 62.6 Å². The first-order valence-corrected chi connectivity index (χ1v) is 12.1. The monoisotopic (exact) mass is 457 g/mol. The number of amides is 1. The van der Waals surface area contributed by atoms with E-state index < -0.39 is 23.5 Å². The molecule has 3 atom stereocenters. The number of nitrogens with two attached hydrogens (primary N) is 1. The van der Waals surface area contributed by atoms with Gasteiger partial charge >= 0.3 is 0 Å². The summed E-state index contributed by atoms with van der Waals surface area (Å²) in [6.07, 6.45) is 2.72. The summed E-state index contributed by atoms with van der Waals surface area (Å²) in [5.41, 5.74) is 6.29. The smallest absolute Gasteiger partial charge is 0.235 e. The molecule has 4 rings (SSSR count). The molecule has 2 aromatic heterocycles. The number of unbranched alkanes of at least 4 members (excludes halogenated alkanes) is 1. The van der Waals surface area contributed by atoms with Crippen LogP contribution in [0, 0.1) is 0 Å². The number of thiophene rings is 1. The van der Waals surface area contributed by atoms with E-state index in [4.69, 9.17) is 14.9 Å². The van der Waals surface area contributed by atoms with Crippen LogP contribution in [-0.2, 0) is 14.9 Å². The molecule has 0 bridgehead atoms. The number of aliphatic hydroxyl groups is 1. The number of fused-ring (bicyclic) bond motifs is 1. The first-order valence-electron chi connectivity index (χ1n) is 11.3. The predicted octanol–water partition coefficient (Wildman–Crippen LogP) is 3.67. The molecule has 1 fully saturated rings. The third-order valence-corrected chi connectivity index (χ3v) is 7.44. The molecule has 8 heteroatoms. The summed E-state index contributed by atoms with van der Waals surface area (Å²) in [4.78, 5) is 18.4. The summed E-state index contributed by atoms with van der Waals surface area (Å²) in [6, 6.07) is 10.6. The minimum atomic E-state index is -1.15. The van der Waals surface area contributed by atoms with Gasteiger partial charge in [-0.3, -0.25) is 4.79 Å². The van der Waals surface area contributed by atoms with Crippen LogP contribution in [0.3, 0.4) is 0 Å². The van der Waals surface area contributed by atoms with E-state index in [0.717, 1.165) is 30.6 Å². The molecule has 0 aliphatic carbocycles. The highest BCUT2D eigenvalue weighted by atomic mass is 32.1. The van der Waals surface area contributed by atoms with E-state index in [-0.39, 0.29) is 11.9 Å². The molecule has 0 radical (unpaired) electrons. The Balaban J connectivity index is 1.82. The maximum absolute atomic E-state index is 13.0. The van der Waals surface area contributed by atoms with Crippen LogP contribution < -0.4 is 11.1 Å². The summed E-state index contributed by atoms with van der Waals surface area (Å²) in [7, 11) is 0. The average molecular weight is 458 g/mol. The lowest BCUT2D eigenvalue weighted by Gasteiger charge is -2.43. The van der Waals surface area contributed by atoms with Gasteiger partial charge in [-0.15, -0.1) is 11.3 Å².